The fourth-order valence-corrected chi connectivity index (χ4v) is 2.39. The summed E-state index contributed by atoms with van der Waals surface area (Å²) in [6.07, 6.45) is 2.13. The highest BCUT2D eigenvalue weighted by molar-refractivity contribution is 7.10. The summed E-state index contributed by atoms with van der Waals surface area (Å²) in [6.45, 7) is 3.48. The number of carbonyl (C=O) groups excluding carboxylic acids is 2. The van der Waals surface area contributed by atoms with E-state index >= 15 is 0 Å². The van der Waals surface area contributed by atoms with Crippen LogP contribution < -0.4 is 5.32 Å². The lowest BCUT2D eigenvalue weighted by Gasteiger charge is -2.12. The number of thiophene rings is 1. The molecule has 0 spiro atoms. The zero-order valence-electron chi connectivity index (χ0n) is 12.4. The lowest BCUT2D eigenvalue weighted by atomic mass is 10.2. The molecule has 0 saturated heterocycles. The van der Waals surface area contributed by atoms with Crippen molar-refractivity contribution in [3.63, 3.8) is 0 Å². The van der Waals surface area contributed by atoms with Crippen molar-refractivity contribution in [1.29, 1.82) is 0 Å². The second kappa shape index (κ2) is 7.56. The quantitative estimate of drug-likeness (QED) is 0.677. The van der Waals surface area contributed by atoms with Gasteiger partial charge in [0.15, 0.2) is 6.10 Å². The van der Waals surface area contributed by atoms with E-state index in [1.165, 1.54) is 17.4 Å². The van der Waals surface area contributed by atoms with Crippen LogP contribution >= 0.6 is 11.3 Å². The Labute approximate surface area is 133 Å². The maximum atomic E-state index is 12.0. The number of hydrogen-bond donors (Lipinski definition) is 1. The maximum Gasteiger partial charge on any atom is 0.331 e. The number of hydrogen-bond acceptors (Lipinski definition) is 4. The Morgan fingerprint density at radius 2 is 2.09 bits per heavy atom. The molecule has 0 unspecified atom stereocenters. The standard InChI is InChI=1S/C17H17NO3S/c1-12-5-3-6-14(11-12)18-17(20)13(2)21-16(19)9-8-15-7-4-10-22-15/h3-11,13H,1-2H3,(H,18,20)/b9-8+/t13-/m1/s1. The Bertz CT molecular complexity index is 677. The van der Waals surface area contributed by atoms with Crippen molar-refractivity contribution < 1.29 is 14.3 Å². The van der Waals surface area contributed by atoms with E-state index in [0.29, 0.717) is 5.69 Å². The molecule has 0 fully saturated rings. The predicted octanol–water partition coefficient (Wildman–Crippen LogP) is 3.64. The van der Waals surface area contributed by atoms with Gasteiger partial charge in [0.1, 0.15) is 0 Å². The van der Waals surface area contributed by atoms with Gasteiger partial charge in [0.05, 0.1) is 0 Å². The third-order valence-corrected chi connectivity index (χ3v) is 3.71. The molecule has 0 bridgehead atoms. The van der Waals surface area contributed by atoms with Crippen molar-refractivity contribution in [2.45, 2.75) is 20.0 Å². The molecule has 1 heterocycles. The molecule has 2 rings (SSSR count). The van der Waals surface area contributed by atoms with Gasteiger partial charge in [-0.3, -0.25) is 4.79 Å². The fraction of sp³-hybridized carbons (Fsp3) is 0.176. The Balaban J connectivity index is 1.87. The molecule has 2 aromatic rings. The van der Waals surface area contributed by atoms with Gasteiger partial charge in [0.2, 0.25) is 0 Å². The zero-order valence-corrected chi connectivity index (χ0v) is 13.2. The Hall–Kier alpha value is -2.40. The van der Waals surface area contributed by atoms with E-state index < -0.39 is 12.1 Å². The van der Waals surface area contributed by atoms with Crippen LogP contribution in [0.4, 0.5) is 5.69 Å². The van der Waals surface area contributed by atoms with Crippen molar-refractivity contribution in [3.8, 4) is 0 Å². The van der Waals surface area contributed by atoms with Gasteiger partial charge in [-0.05, 0) is 49.1 Å². The molecule has 0 radical (unpaired) electrons. The van der Waals surface area contributed by atoms with E-state index in [9.17, 15) is 9.59 Å². The van der Waals surface area contributed by atoms with Gasteiger partial charge in [-0.2, -0.15) is 0 Å². The van der Waals surface area contributed by atoms with Crippen LogP contribution in [0.3, 0.4) is 0 Å². The first kappa shape index (κ1) is 16.0. The summed E-state index contributed by atoms with van der Waals surface area (Å²) in [5, 5.41) is 4.64. The molecule has 1 N–H and O–H groups in total. The highest BCUT2D eigenvalue weighted by Crippen LogP contribution is 2.12. The molecule has 0 aliphatic heterocycles. The number of anilines is 1. The first-order valence-electron chi connectivity index (χ1n) is 6.84. The van der Waals surface area contributed by atoms with Crippen LogP contribution in [0.2, 0.25) is 0 Å². The Morgan fingerprint density at radius 1 is 1.27 bits per heavy atom. The third kappa shape index (κ3) is 4.86. The average molecular weight is 315 g/mol. The summed E-state index contributed by atoms with van der Waals surface area (Å²) >= 11 is 1.52. The summed E-state index contributed by atoms with van der Waals surface area (Å²) in [4.78, 5) is 24.6. The molecule has 22 heavy (non-hydrogen) atoms. The van der Waals surface area contributed by atoms with Crippen LogP contribution in [0, 0.1) is 6.92 Å². The maximum absolute atomic E-state index is 12.0. The smallest absolute Gasteiger partial charge is 0.331 e. The van der Waals surface area contributed by atoms with Gasteiger partial charge >= 0.3 is 5.97 Å². The zero-order chi connectivity index (χ0) is 15.9. The minimum Gasteiger partial charge on any atom is -0.449 e. The van der Waals surface area contributed by atoms with Crippen LogP contribution in [0.25, 0.3) is 6.08 Å². The molecule has 1 amide bonds. The first-order chi connectivity index (χ1) is 10.5. The minimum absolute atomic E-state index is 0.358. The van der Waals surface area contributed by atoms with E-state index in [4.69, 9.17) is 4.74 Å². The Morgan fingerprint density at radius 3 is 2.77 bits per heavy atom. The van der Waals surface area contributed by atoms with Gasteiger partial charge in [-0.1, -0.05) is 18.2 Å². The number of aryl methyl sites for hydroxylation is 1. The number of carbonyl (C=O) groups is 2. The van der Waals surface area contributed by atoms with Crippen LogP contribution in [-0.4, -0.2) is 18.0 Å². The second-order valence-electron chi connectivity index (χ2n) is 4.79. The van der Waals surface area contributed by atoms with Crippen molar-refractivity contribution in [2.75, 3.05) is 5.32 Å². The molecule has 0 aliphatic rings. The summed E-state index contributed by atoms with van der Waals surface area (Å²) in [6, 6.07) is 11.2. The van der Waals surface area contributed by atoms with Crippen molar-refractivity contribution in [1.82, 2.24) is 0 Å². The third-order valence-electron chi connectivity index (χ3n) is 2.87. The summed E-state index contributed by atoms with van der Waals surface area (Å²) < 4.78 is 5.08. The second-order valence-corrected chi connectivity index (χ2v) is 5.77. The van der Waals surface area contributed by atoms with E-state index in [2.05, 4.69) is 5.32 Å². The van der Waals surface area contributed by atoms with Gasteiger partial charge in [0, 0.05) is 16.6 Å². The Kier molecular flexibility index (Phi) is 5.49. The van der Waals surface area contributed by atoms with Gasteiger partial charge in [-0.15, -0.1) is 11.3 Å². The molecule has 0 aliphatic carbocycles. The van der Waals surface area contributed by atoms with Crippen molar-refractivity contribution in [2.24, 2.45) is 0 Å². The monoisotopic (exact) mass is 315 g/mol. The highest BCUT2D eigenvalue weighted by atomic mass is 32.1. The minimum atomic E-state index is -0.860. The van der Waals surface area contributed by atoms with Crippen molar-refractivity contribution in [3.05, 3.63) is 58.3 Å². The largest absolute Gasteiger partial charge is 0.449 e. The number of rotatable bonds is 5. The van der Waals surface area contributed by atoms with E-state index in [-0.39, 0.29) is 5.91 Å². The number of nitrogens with one attached hydrogen (secondary N) is 1. The SMILES string of the molecule is Cc1cccc(NC(=O)[C@@H](C)OC(=O)/C=C/c2cccs2)c1. The predicted molar refractivity (Wildman–Crippen MR) is 88.7 cm³/mol. The fourth-order valence-electron chi connectivity index (χ4n) is 1.77. The summed E-state index contributed by atoms with van der Waals surface area (Å²) in [5.74, 6) is -0.899. The van der Waals surface area contributed by atoms with Crippen LogP contribution in [0.5, 0.6) is 0 Å². The molecule has 0 saturated carbocycles. The number of esters is 1. The molecule has 4 nitrogen and oxygen atoms in total. The average Bonchev–Trinajstić information content (AvgIpc) is 2.98. The van der Waals surface area contributed by atoms with Gasteiger partial charge in [0.25, 0.3) is 5.91 Å². The van der Waals surface area contributed by atoms with Crippen LogP contribution in [-0.2, 0) is 14.3 Å². The summed E-state index contributed by atoms with van der Waals surface area (Å²) in [7, 11) is 0. The van der Waals surface area contributed by atoms with Crippen molar-refractivity contribution >= 4 is 35.0 Å². The van der Waals surface area contributed by atoms with Crippen LogP contribution in [0.15, 0.2) is 47.9 Å². The summed E-state index contributed by atoms with van der Waals surface area (Å²) in [5.41, 5.74) is 1.73. The highest BCUT2D eigenvalue weighted by Gasteiger charge is 2.16. The van der Waals surface area contributed by atoms with E-state index in [0.717, 1.165) is 10.4 Å². The lowest BCUT2D eigenvalue weighted by Crippen LogP contribution is -2.29. The molecule has 1 aromatic heterocycles. The molecule has 1 atom stereocenters. The van der Waals surface area contributed by atoms with E-state index in [1.54, 1.807) is 19.1 Å². The molecule has 5 heteroatoms. The molecular formula is C17H17NO3S. The van der Waals surface area contributed by atoms with Gasteiger partial charge < -0.3 is 10.1 Å². The topological polar surface area (TPSA) is 55.4 Å². The molecule has 114 valence electrons. The first-order valence-corrected chi connectivity index (χ1v) is 7.72. The number of ether oxygens (including phenoxy) is 1. The lowest BCUT2D eigenvalue weighted by molar-refractivity contribution is -0.148. The van der Waals surface area contributed by atoms with Gasteiger partial charge in [-0.25, -0.2) is 4.79 Å². The molecule has 1 aromatic carbocycles. The normalized spacial score (nSPS) is 12.1. The molecular weight excluding hydrogens is 298 g/mol. The number of amides is 1. The van der Waals surface area contributed by atoms with E-state index in [1.807, 2.05) is 42.6 Å². The number of benzene rings is 1. The van der Waals surface area contributed by atoms with Crippen LogP contribution in [0.1, 0.15) is 17.4 Å².